The lowest BCUT2D eigenvalue weighted by molar-refractivity contribution is -0.139. The first-order valence-corrected chi connectivity index (χ1v) is 21.3. The van der Waals surface area contributed by atoms with Crippen LogP contribution in [-0.2, 0) is 16.1 Å². The lowest BCUT2D eigenvalue weighted by Gasteiger charge is -2.42. The van der Waals surface area contributed by atoms with Crippen molar-refractivity contribution in [3.8, 4) is 23.7 Å². The number of hydrogen-bond donors (Lipinski definition) is 2. The van der Waals surface area contributed by atoms with Gasteiger partial charge in [0.1, 0.15) is 17.9 Å². The van der Waals surface area contributed by atoms with Crippen LogP contribution < -0.4 is 15.0 Å². The van der Waals surface area contributed by atoms with Gasteiger partial charge >= 0.3 is 0 Å². The predicted molar refractivity (Wildman–Crippen MR) is 219 cm³/mol. The van der Waals surface area contributed by atoms with Gasteiger partial charge in [0.15, 0.2) is 6.23 Å². The van der Waals surface area contributed by atoms with Gasteiger partial charge in [0.2, 0.25) is 11.8 Å². The molecule has 6 aliphatic rings. The summed E-state index contributed by atoms with van der Waals surface area (Å²) in [4.78, 5) is 59.1. The summed E-state index contributed by atoms with van der Waals surface area (Å²) in [6, 6.07) is 18.7. The SMILES string of the molecule is N#Cc1ccc(O[C@H]2CC[C@H](N3Cc4ccc(C#CC5CCN(C6CCN(c7ccc8c(c7)C(O)N(C7CCC(=O)NC7=O)C8=O)CC6)CC5)cc4C3=O)CC2)cc1Cl. The molecule has 3 aromatic rings. The molecule has 1 aliphatic carbocycles. The minimum absolute atomic E-state index is 0.0499. The van der Waals surface area contributed by atoms with Crippen LogP contribution in [0.4, 0.5) is 5.69 Å². The first kappa shape index (κ1) is 39.1. The van der Waals surface area contributed by atoms with Crippen LogP contribution in [0.5, 0.6) is 5.75 Å². The van der Waals surface area contributed by atoms with Crippen molar-refractivity contribution in [2.45, 2.75) is 101 Å². The minimum atomic E-state index is -1.23. The van der Waals surface area contributed by atoms with Crippen molar-refractivity contribution in [3.05, 3.63) is 93.0 Å². The number of anilines is 1. The lowest BCUT2D eigenvalue weighted by atomic mass is 9.92. The normalized spacial score (nSPS) is 25.3. The number of fused-ring (bicyclic) bond motifs is 2. The van der Waals surface area contributed by atoms with E-state index in [4.69, 9.17) is 21.6 Å². The van der Waals surface area contributed by atoms with Gasteiger partial charge in [-0.25, -0.2) is 0 Å². The van der Waals surface area contributed by atoms with Crippen LogP contribution in [0.2, 0.25) is 5.02 Å². The van der Waals surface area contributed by atoms with Crippen molar-refractivity contribution in [3.63, 3.8) is 0 Å². The second kappa shape index (κ2) is 16.3. The fraction of sp³-hybridized carbons (Fsp3) is 0.457. The predicted octanol–water partition coefficient (Wildman–Crippen LogP) is 5.54. The Kier molecular flexibility index (Phi) is 10.8. The summed E-state index contributed by atoms with van der Waals surface area (Å²) in [5.41, 5.74) is 5.00. The number of amides is 4. The van der Waals surface area contributed by atoms with Gasteiger partial charge in [-0.15, -0.1) is 0 Å². The highest BCUT2D eigenvalue weighted by atomic mass is 35.5. The molecule has 2 atom stereocenters. The van der Waals surface area contributed by atoms with Crippen molar-refractivity contribution in [1.29, 1.82) is 5.26 Å². The zero-order chi connectivity index (χ0) is 40.8. The van der Waals surface area contributed by atoms with Crippen LogP contribution >= 0.6 is 11.6 Å². The van der Waals surface area contributed by atoms with Gasteiger partial charge in [-0.05, 0) is 119 Å². The Balaban J connectivity index is 0.734. The number of piperidine rings is 3. The average molecular weight is 815 g/mol. The van der Waals surface area contributed by atoms with E-state index >= 15 is 0 Å². The minimum Gasteiger partial charge on any atom is -0.490 e. The molecule has 304 valence electrons. The summed E-state index contributed by atoms with van der Waals surface area (Å²) >= 11 is 6.19. The molecular weight excluding hydrogens is 768 g/mol. The molecule has 4 amide bonds. The molecule has 3 aromatic carbocycles. The Morgan fingerprint density at radius 1 is 0.797 bits per heavy atom. The number of ether oxygens (including phenoxy) is 1. The molecule has 2 N–H and O–H groups in total. The molecule has 12 nitrogen and oxygen atoms in total. The second-order valence-corrected chi connectivity index (χ2v) is 17.1. The topological polar surface area (TPSA) is 147 Å². The highest BCUT2D eigenvalue weighted by Crippen LogP contribution is 2.39. The number of aliphatic hydroxyl groups is 1. The maximum Gasteiger partial charge on any atom is 0.257 e. The number of carbonyl (C=O) groups is 4. The molecule has 0 radical (unpaired) electrons. The van der Waals surface area contributed by atoms with Crippen molar-refractivity contribution >= 4 is 40.9 Å². The van der Waals surface area contributed by atoms with Crippen molar-refractivity contribution in [1.82, 2.24) is 20.0 Å². The van der Waals surface area contributed by atoms with Gasteiger partial charge < -0.3 is 24.5 Å². The third kappa shape index (κ3) is 7.78. The maximum atomic E-state index is 13.6. The number of likely N-dealkylation sites (tertiary alicyclic amines) is 1. The van der Waals surface area contributed by atoms with E-state index in [0.717, 1.165) is 99.9 Å². The summed E-state index contributed by atoms with van der Waals surface area (Å²) in [5.74, 6) is 6.70. The number of halogens is 1. The molecule has 0 aromatic heterocycles. The molecular formula is C46H47ClN6O6. The van der Waals surface area contributed by atoms with Gasteiger partial charge in [0, 0.05) is 78.1 Å². The van der Waals surface area contributed by atoms with Crippen molar-refractivity contribution in [2.24, 2.45) is 5.92 Å². The van der Waals surface area contributed by atoms with Gasteiger partial charge in [-0.1, -0.05) is 29.5 Å². The van der Waals surface area contributed by atoms with E-state index in [9.17, 15) is 24.3 Å². The molecule has 13 heteroatoms. The number of nitrogens with zero attached hydrogens (tertiary/aromatic N) is 5. The maximum absolute atomic E-state index is 13.6. The van der Waals surface area contributed by atoms with Crippen LogP contribution in [0.1, 0.15) is 113 Å². The molecule has 1 saturated carbocycles. The number of hydrogen-bond acceptors (Lipinski definition) is 9. The van der Waals surface area contributed by atoms with E-state index < -0.39 is 18.2 Å². The van der Waals surface area contributed by atoms with E-state index in [1.54, 1.807) is 24.3 Å². The van der Waals surface area contributed by atoms with Gasteiger partial charge in [0.25, 0.3) is 11.8 Å². The molecule has 0 spiro atoms. The third-order valence-electron chi connectivity index (χ3n) is 13.3. The fourth-order valence-corrected chi connectivity index (χ4v) is 10.1. The molecule has 0 bridgehead atoms. The van der Waals surface area contributed by atoms with Gasteiger partial charge in [-0.3, -0.25) is 29.4 Å². The first-order valence-electron chi connectivity index (χ1n) is 20.9. The van der Waals surface area contributed by atoms with E-state index in [-0.39, 0.29) is 42.7 Å². The number of carbonyl (C=O) groups excluding carboxylic acids is 4. The Hall–Kier alpha value is -5.40. The number of imide groups is 1. The number of benzene rings is 3. The fourth-order valence-electron chi connectivity index (χ4n) is 9.92. The van der Waals surface area contributed by atoms with Crippen molar-refractivity contribution in [2.75, 3.05) is 31.1 Å². The monoisotopic (exact) mass is 814 g/mol. The van der Waals surface area contributed by atoms with Crippen LogP contribution in [0.15, 0.2) is 54.6 Å². The zero-order valence-electron chi connectivity index (χ0n) is 32.9. The summed E-state index contributed by atoms with van der Waals surface area (Å²) in [7, 11) is 0. The lowest BCUT2D eigenvalue weighted by Crippen LogP contribution is -2.53. The molecule has 4 fully saturated rings. The smallest absolute Gasteiger partial charge is 0.257 e. The Morgan fingerprint density at radius 3 is 2.31 bits per heavy atom. The van der Waals surface area contributed by atoms with Crippen LogP contribution in [0.25, 0.3) is 0 Å². The van der Waals surface area contributed by atoms with Gasteiger partial charge in [-0.2, -0.15) is 5.26 Å². The highest BCUT2D eigenvalue weighted by molar-refractivity contribution is 6.31. The Morgan fingerprint density at radius 2 is 1.58 bits per heavy atom. The van der Waals surface area contributed by atoms with E-state index in [0.29, 0.717) is 46.0 Å². The standard InChI is InChI=1S/C46H47ClN6O6/c47-40-25-36(9-5-30(40)26-48)59-35-10-6-33(7-11-35)52-27-31-4-3-29(23-38(31)44(52)56)2-1-28-15-19-50(20-16-28)32-17-21-51(22-18-32)34-8-12-37-39(24-34)46(58)53(45(37)57)41-13-14-42(54)49-43(41)55/h3-5,8-9,12,23-25,28,32-33,35,41,46,58H,6-7,10-11,13-22,27H2,(H,49,54,55)/t33-,35-,41?,46?. The average Bonchev–Trinajstić information content (AvgIpc) is 3.71. The first-order chi connectivity index (χ1) is 28.6. The van der Waals surface area contributed by atoms with Crippen LogP contribution in [0, 0.1) is 29.1 Å². The van der Waals surface area contributed by atoms with Crippen molar-refractivity contribution < 1.29 is 29.0 Å². The highest BCUT2D eigenvalue weighted by Gasteiger charge is 2.45. The largest absolute Gasteiger partial charge is 0.490 e. The van der Waals surface area contributed by atoms with E-state index in [1.165, 1.54) is 4.90 Å². The number of nitriles is 1. The zero-order valence-corrected chi connectivity index (χ0v) is 33.6. The summed E-state index contributed by atoms with van der Waals surface area (Å²) in [6.45, 7) is 4.36. The van der Waals surface area contributed by atoms with Crippen LogP contribution in [0.3, 0.4) is 0 Å². The quantitative estimate of drug-likeness (QED) is 0.242. The molecule has 59 heavy (non-hydrogen) atoms. The number of aliphatic hydroxyl groups excluding tert-OH is 1. The van der Waals surface area contributed by atoms with Crippen LogP contribution in [-0.4, -0.2) is 93.8 Å². The number of nitrogens with one attached hydrogen (secondary N) is 1. The summed E-state index contributed by atoms with van der Waals surface area (Å²) < 4.78 is 6.17. The molecule has 5 aliphatic heterocycles. The molecule has 2 unspecified atom stereocenters. The Bertz CT molecular complexity index is 2290. The second-order valence-electron chi connectivity index (χ2n) is 16.7. The van der Waals surface area contributed by atoms with E-state index in [2.05, 4.69) is 39.1 Å². The molecule has 3 saturated heterocycles. The molecule has 5 heterocycles. The number of rotatable bonds is 6. The van der Waals surface area contributed by atoms with E-state index in [1.807, 2.05) is 29.2 Å². The molecule has 9 rings (SSSR count). The Labute approximate surface area is 349 Å². The summed E-state index contributed by atoms with van der Waals surface area (Å²) in [6.07, 6.45) is 6.63. The van der Waals surface area contributed by atoms with Gasteiger partial charge in [0.05, 0.1) is 16.7 Å². The third-order valence-corrected chi connectivity index (χ3v) is 13.6. The summed E-state index contributed by atoms with van der Waals surface area (Å²) in [5, 5.41) is 23.0.